The van der Waals surface area contributed by atoms with Gasteiger partial charge in [-0.3, -0.25) is 4.79 Å². The second kappa shape index (κ2) is 9.14. The molecule has 0 aliphatic carbocycles. The number of carbonyl (C=O) groups excluding carboxylic acids is 1. The van der Waals surface area contributed by atoms with Gasteiger partial charge in [0, 0.05) is 12.6 Å². The van der Waals surface area contributed by atoms with Gasteiger partial charge in [-0.15, -0.1) is 12.4 Å². The fraction of sp³-hybridized carbons (Fsp3) is 0.909. The molecule has 5 heteroatoms. The van der Waals surface area contributed by atoms with Crippen molar-refractivity contribution in [1.29, 1.82) is 0 Å². The van der Waals surface area contributed by atoms with Gasteiger partial charge in [-0.25, -0.2) is 0 Å². The van der Waals surface area contributed by atoms with Crippen LogP contribution in [0.2, 0.25) is 0 Å². The van der Waals surface area contributed by atoms with Crippen molar-refractivity contribution in [2.24, 2.45) is 5.92 Å². The number of halogens is 1. The third-order valence-electron chi connectivity index (χ3n) is 2.72. The van der Waals surface area contributed by atoms with Gasteiger partial charge < -0.3 is 10.6 Å². The van der Waals surface area contributed by atoms with Crippen LogP contribution in [0.25, 0.3) is 0 Å². The largest absolute Gasteiger partial charge is 0.353 e. The highest BCUT2D eigenvalue weighted by atomic mass is 35.5. The van der Waals surface area contributed by atoms with Crippen molar-refractivity contribution in [1.82, 2.24) is 10.6 Å². The topological polar surface area (TPSA) is 41.1 Å². The SMILES string of the molecule is CCSCCC(C)NC(=O)C1CCNC1.Cl. The van der Waals surface area contributed by atoms with Gasteiger partial charge in [-0.1, -0.05) is 6.92 Å². The molecule has 1 fully saturated rings. The lowest BCUT2D eigenvalue weighted by atomic mass is 10.1. The molecule has 0 spiro atoms. The van der Waals surface area contributed by atoms with Crippen molar-refractivity contribution in [2.45, 2.75) is 32.7 Å². The van der Waals surface area contributed by atoms with Gasteiger partial charge in [-0.05, 0) is 37.8 Å². The Labute approximate surface area is 109 Å². The molecule has 1 heterocycles. The Morgan fingerprint density at radius 3 is 2.94 bits per heavy atom. The zero-order chi connectivity index (χ0) is 11.1. The van der Waals surface area contributed by atoms with Crippen LogP contribution >= 0.6 is 24.2 Å². The summed E-state index contributed by atoms with van der Waals surface area (Å²) >= 11 is 1.93. The van der Waals surface area contributed by atoms with E-state index in [4.69, 9.17) is 0 Å². The van der Waals surface area contributed by atoms with Crippen molar-refractivity contribution in [3.63, 3.8) is 0 Å². The standard InChI is InChI=1S/C11H22N2OS.ClH/c1-3-15-7-5-9(2)13-11(14)10-4-6-12-8-10;/h9-10,12H,3-8H2,1-2H3,(H,13,14);1H. The molecule has 0 saturated carbocycles. The summed E-state index contributed by atoms with van der Waals surface area (Å²) in [6, 6.07) is 0.317. The Morgan fingerprint density at radius 2 is 2.38 bits per heavy atom. The number of nitrogens with one attached hydrogen (secondary N) is 2. The molecule has 0 bridgehead atoms. The molecule has 0 aromatic carbocycles. The average molecular weight is 267 g/mol. The van der Waals surface area contributed by atoms with Crippen LogP contribution in [0.5, 0.6) is 0 Å². The Balaban J connectivity index is 0.00000225. The number of hydrogen-bond acceptors (Lipinski definition) is 3. The van der Waals surface area contributed by atoms with E-state index in [1.807, 2.05) is 11.8 Å². The predicted octanol–water partition coefficient (Wildman–Crippen LogP) is 1.67. The molecule has 1 aliphatic rings. The Morgan fingerprint density at radius 1 is 1.62 bits per heavy atom. The van der Waals surface area contributed by atoms with Crippen molar-refractivity contribution in [2.75, 3.05) is 24.6 Å². The summed E-state index contributed by atoms with van der Waals surface area (Å²) in [6.45, 7) is 6.09. The molecule has 0 aromatic rings. The molecular formula is C11H23ClN2OS. The summed E-state index contributed by atoms with van der Waals surface area (Å²) in [5, 5.41) is 6.30. The van der Waals surface area contributed by atoms with Crippen LogP contribution in [-0.2, 0) is 4.79 Å². The van der Waals surface area contributed by atoms with Crippen molar-refractivity contribution < 1.29 is 4.79 Å². The molecule has 1 amide bonds. The van der Waals surface area contributed by atoms with Crippen LogP contribution in [0, 0.1) is 5.92 Å². The van der Waals surface area contributed by atoms with Gasteiger partial charge >= 0.3 is 0 Å². The Kier molecular flexibility index (Phi) is 9.18. The first-order valence-electron chi connectivity index (χ1n) is 5.83. The van der Waals surface area contributed by atoms with E-state index in [1.54, 1.807) is 0 Å². The maximum Gasteiger partial charge on any atom is 0.224 e. The highest BCUT2D eigenvalue weighted by molar-refractivity contribution is 7.99. The number of carbonyl (C=O) groups is 1. The third kappa shape index (κ3) is 5.97. The van der Waals surface area contributed by atoms with Crippen LogP contribution in [0.4, 0.5) is 0 Å². The minimum atomic E-state index is 0. The molecule has 2 unspecified atom stereocenters. The normalized spacial score (nSPS) is 21.2. The molecule has 3 nitrogen and oxygen atoms in total. The maximum absolute atomic E-state index is 11.7. The van der Waals surface area contributed by atoms with Crippen molar-refractivity contribution in [3.8, 4) is 0 Å². The van der Waals surface area contributed by atoms with Gasteiger partial charge in [0.2, 0.25) is 5.91 Å². The minimum absolute atomic E-state index is 0. The first-order valence-corrected chi connectivity index (χ1v) is 6.98. The first kappa shape index (κ1) is 16.1. The molecule has 1 aliphatic heterocycles. The summed E-state index contributed by atoms with van der Waals surface area (Å²) in [7, 11) is 0. The molecule has 96 valence electrons. The Hall–Kier alpha value is 0.0700. The lowest BCUT2D eigenvalue weighted by Gasteiger charge is -2.16. The zero-order valence-corrected chi connectivity index (χ0v) is 11.8. The molecule has 2 atom stereocenters. The van der Waals surface area contributed by atoms with Crippen molar-refractivity contribution >= 4 is 30.1 Å². The number of thioether (sulfide) groups is 1. The number of amides is 1. The van der Waals surface area contributed by atoms with Crippen molar-refractivity contribution in [3.05, 3.63) is 0 Å². The molecular weight excluding hydrogens is 244 g/mol. The summed E-state index contributed by atoms with van der Waals surface area (Å²) in [5.74, 6) is 2.73. The quantitative estimate of drug-likeness (QED) is 0.719. The summed E-state index contributed by atoms with van der Waals surface area (Å²) in [4.78, 5) is 11.7. The van der Waals surface area contributed by atoms with E-state index in [0.29, 0.717) is 6.04 Å². The second-order valence-corrected chi connectivity index (χ2v) is 5.48. The Bertz CT molecular complexity index is 198. The van der Waals surface area contributed by atoms with Gasteiger partial charge in [0.15, 0.2) is 0 Å². The number of rotatable bonds is 6. The molecule has 16 heavy (non-hydrogen) atoms. The lowest BCUT2D eigenvalue weighted by molar-refractivity contribution is -0.125. The van der Waals surface area contributed by atoms with E-state index >= 15 is 0 Å². The first-order chi connectivity index (χ1) is 7.24. The van der Waals surface area contributed by atoms with Gasteiger partial charge in [0.25, 0.3) is 0 Å². The fourth-order valence-electron chi connectivity index (χ4n) is 1.72. The number of hydrogen-bond donors (Lipinski definition) is 2. The van der Waals surface area contributed by atoms with Crippen LogP contribution in [0.3, 0.4) is 0 Å². The minimum Gasteiger partial charge on any atom is -0.353 e. The molecule has 1 saturated heterocycles. The van der Waals surface area contributed by atoms with E-state index in [1.165, 1.54) is 0 Å². The molecule has 0 aromatic heterocycles. The third-order valence-corrected chi connectivity index (χ3v) is 3.65. The maximum atomic E-state index is 11.7. The van der Waals surface area contributed by atoms with Gasteiger partial charge in [-0.2, -0.15) is 11.8 Å². The smallest absolute Gasteiger partial charge is 0.224 e. The van der Waals surface area contributed by atoms with Crippen LogP contribution in [0.15, 0.2) is 0 Å². The monoisotopic (exact) mass is 266 g/mol. The van der Waals surface area contributed by atoms with E-state index in [2.05, 4.69) is 24.5 Å². The summed E-state index contributed by atoms with van der Waals surface area (Å²) < 4.78 is 0. The van der Waals surface area contributed by atoms with E-state index < -0.39 is 0 Å². The predicted molar refractivity (Wildman–Crippen MR) is 73.4 cm³/mol. The molecule has 1 rings (SSSR count). The van der Waals surface area contributed by atoms with Gasteiger partial charge in [0.05, 0.1) is 5.92 Å². The summed E-state index contributed by atoms with van der Waals surface area (Å²) in [6.07, 6.45) is 2.06. The summed E-state index contributed by atoms with van der Waals surface area (Å²) in [5.41, 5.74) is 0. The van der Waals surface area contributed by atoms with Gasteiger partial charge in [0.1, 0.15) is 0 Å². The lowest BCUT2D eigenvalue weighted by Crippen LogP contribution is -2.38. The molecule has 2 N–H and O–H groups in total. The second-order valence-electron chi connectivity index (χ2n) is 4.08. The highest BCUT2D eigenvalue weighted by Gasteiger charge is 2.22. The average Bonchev–Trinajstić information content (AvgIpc) is 2.70. The van der Waals surface area contributed by atoms with E-state index in [-0.39, 0.29) is 24.2 Å². The highest BCUT2D eigenvalue weighted by Crippen LogP contribution is 2.09. The van der Waals surface area contributed by atoms with Crippen LogP contribution < -0.4 is 10.6 Å². The van der Waals surface area contributed by atoms with Crippen LogP contribution in [-0.4, -0.2) is 36.5 Å². The molecule has 0 radical (unpaired) electrons. The van der Waals surface area contributed by atoms with Crippen LogP contribution in [0.1, 0.15) is 26.7 Å². The fourth-order valence-corrected chi connectivity index (χ4v) is 2.52. The van der Waals surface area contributed by atoms with E-state index in [9.17, 15) is 4.79 Å². The zero-order valence-electron chi connectivity index (χ0n) is 10.1. The van der Waals surface area contributed by atoms with E-state index in [0.717, 1.165) is 37.4 Å².